The number of benzene rings is 2. The molecule has 1 N–H and O–H groups in total. The minimum atomic E-state index is -3.73. The minimum Gasteiger partial charge on any atom is -0.378 e. The summed E-state index contributed by atoms with van der Waals surface area (Å²) in [6, 6.07) is 10.9. The SMILES string of the molecule is Cc1cc(C(=O)N2CCOCC2)ccc1NS(=O)(=O)c1ccc(Cl)cc1. The maximum Gasteiger partial charge on any atom is 0.261 e. The molecule has 0 aromatic heterocycles. The number of aryl methyl sites for hydroxylation is 1. The third-order valence-electron chi connectivity index (χ3n) is 4.14. The van der Waals surface area contributed by atoms with Crippen LogP contribution in [0.25, 0.3) is 0 Å². The molecule has 1 aliphatic rings. The van der Waals surface area contributed by atoms with E-state index in [0.29, 0.717) is 48.1 Å². The van der Waals surface area contributed by atoms with Gasteiger partial charge in [-0.3, -0.25) is 9.52 Å². The van der Waals surface area contributed by atoms with E-state index in [1.807, 2.05) is 0 Å². The predicted molar refractivity (Wildman–Crippen MR) is 100 cm³/mol. The number of anilines is 1. The van der Waals surface area contributed by atoms with Crippen molar-refractivity contribution >= 4 is 33.2 Å². The second-order valence-corrected chi connectivity index (χ2v) is 8.11. The highest BCUT2D eigenvalue weighted by Gasteiger charge is 2.20. The molecule has 1 heterocycles. The Morgan fingerprint density at radius 3 is 2.38 bits per heavy atom. The van der Waals surface area contributed by atoms with E-state index < -0.39 is 10.0 Å². The van der Waals surface area contributed by atoms with Crippen molar-refractivity contribution in [2.75, 3.05) is 31.0 Å². The Hall–Kier alpha value is -2.09. The first-order valence-electron chi connectivity index (χ1n) is 8.13. The van der Waals surface area contributed by atoms with Crippen molar-refractivity contribution in [2.45, 2.75) is 11.8 Å². The van der Waals surface area contributed by atoms with Gasteiger partial charge in [0, 0.05) is 23.7 Å². The third kappa shape index (κ3) is 4.17. The first kappa shape index (κ1) is 18.7. The van der Waals surface area contributed by atoms with Gasteiger partial charge in [0.15, 0.2) is 0 Å². The van der Waals surface area contributed by atoms with Crippen LogP contribution in [0.4, 0.5) is 5.69 Å². The summed E-state index contributed by atoms with van der Waals surface area (Å²) in [5, 5.41) is 0.464. The summed E-state index contributed by atoms with van der Waals surface area (Å²) < 4.78 is 32.8. The van der Waals surface area contributed by atoms with Crippen LogP contribution in [-0.2, 0) is 14.8 Å². The number of sulfonamides is 1. The minimum absolute atomic E-state index is 0.0801. The summed E-state index contributed by atoms with van der Waals surface area (Å²) >= 11 is 5.80. The van der Waals surface area contributed by atoms with Crippen LogP contribution in [-0.4, -0.2) is 45.5 Å². The van der Waals surface area contributed by atoms with Crippen LogP contribution in [0.1, 0.15) is 15.9 Å². The average molecular weight is 395 g/mol. The van der Waals surface area contributed by atoms with Crippen LogP contribution in [0.3, 0.4) is 0 Å². The Balaban J connectivity index is 1.79. The molecule has 0 spiro atoms. The highest BCUT2D eigenvalue weighted by Crippen LogP contribution is 2.22. The van der Waals surface area contributed by atoms with E-state index >= 15 is 0 Å². The smallest absolute Gasteiger partial charge is 0.261 e. The van der Waals surface area contributed by atoms with E-state index in [0.717, 1.165) is 0 Å². The number of morpholine rings is 1. The standard InChI is InChI=1S/C18H19ClN2O4S/c1-13-12-14(18(22)21-8-10-25-11-9-21)2-7-17(13)20-26(23,24)16-5-3-15(19)4-6-16/h2-7,12,20H,8-11H2,1H3. The Kier molecular flexibility index (Phi) is 5.50. The first-order chi connectivity index (χ1) is 12.4. The molecule has 138 valence electrons. The zero-order chi connectivity index (χ0) is 18.7. The van der Waals surface area contributed by atoms with Gasteiger partial charge in [-0.1, -0.05) is 11.6 Å². The van der Waals surface area contributed by atoms with Gasteiger partial charge in [-0.25, -0.2) is 8.42 Å². The highest BCUT2D eigenvalue weighted by molar-refractivity contribution is 7.92. The van der Waals surface area contributed by atoms with E-state index in [2.05, 4.69) is 4.72 Å². The monoisotopic (exact) mass is 394 g/mol. The normalized spacial score (nSPS) is 14.9. The Bertz CT molecular complexity index is 907. The van der Waals surface area contributed by atoms with Gasteiger partial charge in [-0.2, -0.15) is 0 Å². The second kappa shape index (κ2) is 7.65. The van der Waals surface area contributed by atoms with Crippen molar-refractivity contribution in [3.63, 3.8) is 0 Å². The molecule has 1 amide bonds. The summed E-state index contributed by atoms with van der Waals surface area (Å²) in [6.07, 6.45) is 0. The lowest BCUT2D eigenvalue weighted by atomic mass is 10.1. The van der Waals surface area contributed by atoms with Gasteiger partial charge in [-0.05, 0) is 55.0 Å². The van der Waals surface area contributed by atoms with Crippen LogP contribution < -0.4 is 4.72 Å². The topological polar surface area (TPSA) is 75.7 Å². The molecule has 2 aromatic carbocycles. The van der Waals surface area contributed by atoms with Gasteiger partial charge in [-0.15, -0.1) is 0 Å². The molecule has 2 aromatic rings. The number of amides is 1. The Labute approximate surface area is 157 Å². The predicted octanol–water partition coefficient (Wildman–Crippen LogP) is 2.92. The molecule has 1 aliphatic heterocycles. The molecule has 3 rings (SSSR count). The molecule has 0 aliphatic carbocycles. The molecule has 26 heavy (non-hydrogen) atoms. The van der Waals surface area contributed by atoms with Gasteiger partial charge >= 0.3 is 0 Å². The third-order valence-corrected chi connectivity index (χ3v) is 5.77. The van der Waals surface area contributed by atoms with Crippen LogP contribution >= 0.6 is 11.6 Å². The summed E-state index contributed by atoms with van der Waals surface area (Å²) in [5.41, 5.74) is 1.62. The van der Waals surface area contributed by atoms with E-state index in [9.17, 15) is 13.2 Å². The molecule has 1 fully saturated rings. The number of rotatable bonds is 4. The van der Waals surface area contributed by atoms with Gasteiger partial charge in [0.25, 0.3) is 15.9 Å². The van der Waals surface area contributed by atoms with E-state index in [4.69, 9.17) is 16.3 Å². The van der Waals surface area contributed by atoms with Gasteiger partial charge < -0.3 is 9.64 Å². The van der Waals surface area contributed by atoms with Crippen molar-refractivity contribution in [1.82, 2.24) is 4.90 Å². The number of nitrogens with one attached hydrogen (secondary N) is 1. The Morgan fingerprint density at radius 2 is 1.77 bits per heavy atom. The van der Waals surface area contributed by atoms with Crippen LogP contribution in [0, 0.1) is 6.92 Å². The number of hydrogen-bond acceptors (Lipinski definition) is 4. The van der Waals surface area contributed by atoms with Crippen molar-refractivity contribution < 1.29 is 17.9 Å². The van der Waals surface area contributed by atoms with Crippen molar-refractivity contribution in [2.24, 2.45) is 0 Å². The quantitative estimate of drug-likeness (QED) is 0.865. The highest BCUT2D eigenvalue weighted by atomic mass is 35.5. The molecule has 8 heteroatoms. The van der Waals surface area contributed by atoms with E-state index in [-0.39, 0.29) is 10.8 Å². The zero-order valence-electron chi connectivity index (χ0n) is 14.2. The average Bonchev–Trinajstić information content (AvgIpc) is 2.64. The molecule has 1 saturated heterocycles. The molecule has 0 atom stereocenters. The summed E-state index contributed by atoms with van der Waals surface area (Å²) in [5.74, 6) is -0.0801. The number of halogens is 1. The Morgan fingerprint density at radius 1 is 1.12 bits per heavy atom. The molecular weight excluding hydrogens is 376 g/mol. The number of carbonyl (C=O) groups excluding carboxylic acids is 1. The summed E-state index contributed by atoms with van der Waals surface area (Å²) in [7, 11) is -3.73. The van der Waals surface area contributed by atoms with Gasteiger partial charge in [0.1, 0.15) is 0 Å². The first-order valence-corrected chi connectivity index (χ1v) is 9.99. The fraction of sp³-hybridized carbons (Fsp3) is 0.278. The van der Waals surface area contributed by atoms with Crippen LogP contribution in [0.5, 0.6) is 0 Å². The van der Waals surface area contributed by atoms with Crippen molar-refractivity contribution in [3.05, 3.63) is 58.6 Å². The van der Waals surface area contributed by atoms with Crippen molar-refractivity contribution in [1.29, 1.82) is 0 Å². The van der Waals surface area contributed by atoms with E-state index in [1.165, 1.54) is 24.3 Å². The van der Waals surface area contributed by atoms with Gasteiger partial charge in [0.2, 0.25) is 0 Å². The number of carbonyl (C=O) groups is 1. The lowest BCUT2D eigenvalue weighted by molar-refractivity contribution is 0.0303. The van der Waals surface area contributed by atoms with Gasteiger partial charge in [0.05, 0.1) is 23.8 Å². The lowest BCUT2D eigenvalue weighted by Crippen LogP contribution is -2.40. The number of hydrogen-bond donors (Lipinski definition) is 1. The van der Waals surface area contributed by atoms with Crippen LogP contribution in [0.15, 0.2) is 47.4 Å². The number of nitrogens with zero attached hydrogens (tertiary/aromatic N) is 1. The van der Waals surface area contributed by atoms with E-state index in [1.54, 1.807) is 30.0 Å². The molecule has 0 bridgehead atoms. The molecule has 0 saturated carbocycles. The lowest BCUT2D eigenvalue weighted by Gasteiger charge is -2.27. The van der Waals surface area contributed by atoms with Crippen molar-refractivity contribution in [3.8, 4) is 0 Å². The zero-order valence-corrected chi connectivity index (χ0v) is 15.8. The maximum atomic E-state index is 12.5. The molecule has 6 nitrogen and oxygen atoms in total. The molecule has 0 radical (unpaired) electrons. The molecular formula is C18H19ClN2O4S. The fourth-order valence-corrected chi connectivity index (χ4v) is 3.93. The summed E-state index contributed by atoms with van der Waals surface area (Å²) in [6.45, 7) is 3.94. The molecule has 0 unspecified atom stereocenters. The maximum absolute atomic E-state index is 12.5. The summed E-state index contributed by atoms with van der Waals surface area (Å²) in [4.78, 5) is 14.4. The fourth-order valence-electron chi connectivity index (χ4n) is 2.68. The number of ether oxygens (including phenoxy) is 1. The van der Waals surface area contributed by atoms with Crippen LogP contribution in [0.2, 0.25) is 5.02 Å². The second-order valence-electron chi connectivity index (χ2n) is 5.99. The largest absolute Gasteiger partial charge is 0.378 e.